The van der Waals surface area contributed by atoms with Crippen LogP contribution in [0.3, 0.4) is 0 Å². The average Bonchev–Trinajstić information content (AvgIpc) is 2.64. The minimum Gasteiger partial charge on any atom is -0.295 e. The van der Waals surface area contributed by atoms with E-state index in [1.807, 2.05) is 0 Å². The molecule has 1 N–H and O–H groups in total. The van der Waals surface area contributed by atoms with Crippen molar-refractivity contribution in [2.75, 3.05) is 0 Å². The lowest BCUT2D eigenvalue weighted by molar-refractivity contribution is -0.385. The Hall–Kier alpha value is -2.51. The third-order valence-corrected chi connectivity index (χ3v) is 1.72. The van der Waals surface area contributed by atoms with E-state index in [2.05, 4.69) is 15.1 Å². The number of rotatable bonds is 2. The van der Waals surface area contributed by atoms with Crippen LogP contribution in [0.25, 0.3) is 5.82 Å². The van der Waals surface area contributed by atoms with Gasteiger partial charge in [-0.25, -0.2) is 9.78 Å². The highest BCUT2D eigenvalue weighted by Gasteiger charge is 2.17. The molecule has 0 fully saturated rings. The van der Waals surface area contributed by atoms with Crippen LogP contribution >= 0.6 is 0 Å². The SMILES string of the molecule is O=c1[nH]cnn1-c1ncccc1[N+](=O)[O-]. The molecular formula is C7H5N5O3. The number of nitro groups is 1. The molecule has 0 aliphatic rings. The number of aromatic nitrogens is 4. The largest absolute Gasteiger partial charge is 0.349 e. The van der Waals surface area contributed by atoms with Gasteiger partial charge in [-0.1, -0.05) is 0 Å². The zero-order chi connectivity index (χ0) is 10.8. The maximum atomic E-state index is 11.2. The van der Waals surface area contributed by atoms with E-state index >= 15 is 0 Å². The first kappa shape index (κ1) is 9.06. The second kappa shape index (κ2) is 3.33. The van der Waals surface area contributed by atoms with Crippen molar-refractivity contribution in [1.82, 2.24) is 19.7 Å². The van der Waals surface area contributed by atoms with E-state index in [-0.39, 0.29) is 11.5 Å². The molecule has 0 aliphatic heterocycles. The Bertz CT molecular complexity index is 558. The van der Waals surface area contributed by atoms with Crippen molar-refractivity contribution in [2.45, 2.75) is 0 Å². The Kier molecular flexibility index (Phi) is 2.01. The van der Waals surface area contributed by atoms with E-state index in [0.717, 1.165) is 11.0 Å². The van der Waals surface area contributed by atoms with Crippen LogP contribution in [0.1, 0.15) is 0 Å². The molecule has 8 heteroatoms. The number of nitrogens with one attached hydrogen (secondary N) is 1. The maximum absolute atomic E-state index is 11.2. The van der Waals surface area contributed by atoms with Gasteiger partial charge in [-0.15, -0.1) is 0 Å². The molecule has 8 nitrogen and oxygen atoms in total. The fourth-order valence-electron chi connectivity index (χ4n) is 1.10. The van der Waals surface area contributed by atoms with Crippen LogP contribution < -0.4 is 5.69 Å². The molecule has 0 atom stereocenters. The summed E-state index contributed by atoms with van der Waals surface area (Å²) in [5.74, 6) is -0.103. The predicted octanol–water partition coefficient (Wildman–Crippen LogP) is -0.136. The first-order valence-electron chi connectivity index (χ1n) is 3.92. The molecular weight excluding hydrogens is 202 g/mol. The van der Waals surface area contributed by atoms with Crippen LogP contribution in [-0.2, 0) is 0 Å². The fraction of sp³-hybridized carbons (Fsp3) is 0. The maximum Gasteiger partial charge on any atom is 0.349 e. The van der Waals surface area contributed by atoms with Crippen LogP contribution in [0, 0.1) is 10.1 Å². The molecule has 0 unspecified atom stereocenters. The number of hydrogen-bond acceptors (Lipinski definition) is 5. The zero-order valence-electron chi connectivity index (χ0n) is 7.32. The third kappa shape index (κ3) is 1.47. The molecule has 76 valence electrons. The molecule has 2 aromatic rings. The summed E-state index contributed by atoms with van der Waals surface area (Å²) < 4.78 is 0.831. The van der Waals surface area contributed by atoms with Crippen molar-refractivity contribution < 1.29 is 4.92 Å². The summed E-state index contributed by atoms with van der Waals surface area (Å²) in [6.45, 7) is 0. The monoisotopic (exact) mass is 207 g/mol. The predicted molar refractivity (Wildman–Crippen MR) is 48.6 cm³/mol. The quantitative estimate of drug-likeness (QED) is 0.544. The number of nitrogens with zero attached hydrogens (tertiary/aromatic N) is 4. The smallest absolute Gasteiger partial charge is 0.295 e. The van der Waals surface area contributed by atoms with E-state index in [1.165, 1.54) is 18.3 Å². The van der Waals surface area contributed by atoms with E-state index in [4.69, 9.17) is 0 Å². The lowest BCUT2D eigenvalue weighted by atomic mass is 10.4. The van der Waals surface area contributed by atoms with Gasteiger partial charge in [-0.3, -0.25) is 15.1 Å². The minimum absolute atomic E-state index is 0.103. The molecule has 0 saturated carbocycles. The van der Waals surface area contributed by atoms with Crippen molar-refractivity contribution in [3.8, 4) is 5.82 Å². The average molecular weight is 207 g/mol. The molecule has 0 bridgehead atoms. The van der Waals surface area contributed by atoms with E-state index in [0.29, 0.717) is 0 Å². The number of aromatic amines is 1. The number of pyridine rings is 1. The number of H-pyrrole nitrogens is 1. The highest BCUT2D eigenvalue weighted by Crippen LogP contribution is 2.16. The van der Waals surface area contributed by atoms with E-state index < -0.39 is 10.6 Å². The highest BCUT2D eigenvalue weighted by atomic mass is 16.6. The van der Waals surface area contributed by atoms with Crippen LogP contribution in [0.2, 0.25) is 0 Å². The van der Waals surface area contributed by atoms with E-state index in [1.54, 1.807) is 0 Å². The van der Waals surface area contributed by atoms with Gasteiger partial charge in [0.1, 0.15) is 6.33 Å². The second-order valence-electron chi connectivity index (χ2n) is 2.61. The lowest BCUT2D eigenvalue weighted by Gasteiger charge is -1.98. The topological polar surface area (TPSA) is 107 Å². The van der Waals surface area contributed by atoms with Crippen LogP contribution in [-0.4, -0.2) is 24.7 Å². The molecule has 0 aromatic carbocycles. The Morgan fingerprint density at radius 1 is 1.53 bits per heavy atom. The molecule has 0 radical (unpaired) electrons. The van der Waals surface area contributed by atoms with Crippen molar-refractivity contribution in [1.29, 1.82) is 0 Å². The van der Waals surface area contributed by atoms with Crippen LogP contribution in [0.4, 0.5) is 5.69 Å². The summed E-state index contributed by atoms with van der Waals surface area (Å²) >= 11 is 0. The van der Waals surface area contributed by atoms with Crippen molar-refractivity contribution in [3.63, 3.8) is 0 Å². The summed E-state index contributed by atoms with van der Waals surface area (Å²) in [6, 6.07) is 2.67. The Morgan fingerprint density at radius 2 is 2.33 bits per heavy atom. The first-order valence-corrected chi connectivity index (χ1v) is 3.92. The molecule has 2 aromatic heterocycles. The summed E-state index contributed by atoms with van der Waals surface area (Å²) in [7, 11) is 0. The van der Waals surface area contributed by atoms with Gasteiger partial charge in [0, 0.05) is 12.3 Å². The van der Waals surface area contributed by atoms with Gasteiger partial charge in [-0.2, -0.15) is 9.78 Å². The standard InChI is InChI=1S/C7H5N5O3/c13-7-9-4-10-11(7)6-5(12(14)15)2-1-3-8-6/h1-4H,(H,9,10,13). The first-order chi connectivity index (χ1) is 7.20. The minimum atomic E-state index is -0.622. The Balaban J connectivity index is 2.68. The van der Waals surface area contributed by atoms with E-state index in [9.17, 15) is 14.9 Å². The van der Waals surface area contributed by atoms with Gasteiger partial charge in [0.2, 0.25) is 5.82 Å². The molecule has 0 amide bonds. The highest BCUT2D eigenvalue weighted by molar-refractivity contribution is 5.45. The molecule has 0 spiro atoms. The lowest BCUT2D eigenvalue weighted by Crippen LogP contribution is -2.18. The van der Waals surface area contributed by atoms with Crippen molar-refractivity contribution >= 4 is 5.69 Å². The van der Waals surface area contributed by atoms with Gasteiger partial charge in [0.15, 0.2) is 0 Å². The van der Waals surface area contributed by atoms with Gasteiger partial charge in [0.25, 0.3) is 0 Å². The zero-order valence-corrected chi connectivity index (χ0v) is 7.32. The molecule has 0 aliphatic carbocycles. The molecule has 2 rings (SSSR count). The summed E-state index contributed by atoms with van der Waals surface area (Å²) in [5, 5.41) is 14.3. The van der Waals surface area contributed by atoms with Gasteiger partial charge in [-0.05, 0) is 6.07 Å². The normalized spacial score (nSPS) is 10.1. The van der Waals surface area contributed by atoms with Gasteiger partial charge >= 0.3 is 11.4 Å². The fourth-order valence-corrected chi connectivity index (χ4v) is 1.10. The summed E-state index contributed by atoms with van der Waals surface area (Å²) in [6.07, 6.45) is 2.49. The molecule has 2 heterocycles. The second-order valence-corrected chi connectivity index (χ2v) is 2.61. The molecule has 0 saturated heterocycles. The molecule has 15 heavy (non-hydrogen) atoms. The summed E-state index contributed by atoms with van der Waals surface area (Å²) in [5.41, 5.74) is -0.844. The van der Waals surface area contributed by atoms with Gasteiger partial charge in [0.05, 0.1) is 4.92 Å². The summed E-state index contributed by atoms with van der Waals surface area (Å²) in [4.78, 5) is 27.2. The number of hydrogen-bond donors (Lipinski definition) is 1. The van der Waals surface area contributed by atoms with Gasteiger partial charge < -0.3 is 0 Å². The Labute approximate surface area is 82.3 Å². The van der Waals surface area contributed by atoms with Crippen molar-refractivity contribution in [2.24, 2.45) is 0 Å². The Morgan fingerprint density at radius 3 is 2.93 bits per heavy atom. The van der Waals surface area contributed by atoms with Crippen molar-refractivity contribution in [3.05, 3.63) is 45.3 Å². The third-order valence-electron chi connectivity index (χ3n) is 1.72. The van der Waals surface area contributed by atoms with Crippen LogP contribution in [0.15, 0.2) is 29.5 Å². The van der Waals surface area contributed by atoms with Crippen LogP contribution in [0.5, 0.6) is 0 Å².